The SMILES string of the molecule is COC(=O)c1c(-c2ccc(Cl)cc2)csc1NC(=O)CCC(=O)c1ccc(Cl)cc1. The fourth-order valence-electron chi connectivity index (χ4n) is 2.79. The molecule has 3 rings (SSSR count). The molecular formula is C22H17Cl2NO4S. The molecule has 5 nitrogen and oxygen atoms in total. The summed E-state index contributed by atoms with van der Waals surface area (Å²) in [5, 5.41) is 5.97. The van der Waals surface area contributed by atoms with Crippen LogP contribution in [0.5, 0.6) is 0 Å². The monoisotopic (exact) mass is 461 g/mol. The van der Waals surface area contributed by atoms with E-state index in [1.54, 1.807) is 53.9 Å². The standard InChI is InChI=1S/C22H17Cl2NO4S/c1-29-22(28)20-17(13-2-6-15(23)7-3-13)12-30-21(20)25-19(27)11-10-18(26)14-4-8-16(24)9-5-14/h2-9,12H,10-11H2,1H3,(H,25,27). The molecular weight excluding hydrogens is 445 g/mol. The largest absolute Gasteiger partial charge is 0.465 e. The number of amides is 1. The maximum atomic E-state index is 12.4. The van der Waals surface area contributed by atoms with Crippen LogP contribution in [0.1, 0.15) is 33.6 Å². The van der Waals surface area contributed by atoms with Crippen molar-refractivity contribution < 1.29 is 19.1 Å². The van der Waals surface area contributed by atoms with Crippen LogP contribution in [0.3, 0.4) is 0 Å². The van der Waals surface area contributed by atoms with Gasteiger partial charge in [0.25, 0.3) is 0 Å². The number of carbonyl (C=O) groups excluding carboxylic acids is 3. The van der Waals surface area contributed by atoms with Crippen LogP contribution < -0.4 is 5.32 Å². The lowest BCUT2D eigenvalue weighted by Crippen LogP contribution is -2.15. The number of benzene rings is 2. The molecule has 154 valence electrons. The summed E-state index contributed by atoms with van der Waals surface area (Å²) in [7, 11) is 1.28. The molecule has 3 aromatic rings. The third-order valence-electron chi connectivity index (χ3n) is 4.33. The first kappa shape index (κ1) is 22.0. The van der Waals surface area contributed by atoms with Crippen LogP contribution in [0, 0.1) is 0 Å². The molecule has 0 unspecified atom stereocenters. The van der Waals surface area contributed by atoms with Crippen molar-refractivity contribution in [3.05, 3.63) is 75.1 Å². The zero-order valence-electron chi connectivity index (χ0n) is 15.9. The quantitative estimate of drug-likeness (QED) is 0.340. The van der Waals surface area contributed by atoms with Crippen molar-refractivity contribution in [2.45, 2.75) is 12.8 Å². The Balaban J connectivity index is 1.73. The van der Waals surface area contributed by atoms with Gasteiger partial charge in [0.1, 0.15) is 10.6 Å². The Morgan fingerprint density at radius 2 is 1.53 bits per heavy atom. The summed E-state index contributed by atoms with van der Waals surface area (Å²) in [6.45, 7) is 0. The minimum Gasteiger partial charge on any atom is -0.465 e. The molecule has 1 N–H and O–H groups in total. The molecule has 1 aromatic heterocycles. The number of esters is 1. The van der Waals surface area contributed by atoms with Gasteiger partial charge < -0.3 is 10.1 Å². The number of Topliss-reactive ketones (excluding diaryl/α,β-unsaturated/α-hetero) is 1. The van der Waals surface area contributed by atoms with E-state index in [9.17, 15) is 14.4 Å². The summed E-state index contributed by atoms with van der Waals surface area (Å²) in [5.41, 5.74) is 2.16. The van der Waals surface area contributed by atoms with Crippen LogP contribution in [0.4, 0.5) is 5.00 Å². The van der Waals surface area contributed by atoms with Crippen molar-refractivity contribution in [1.82, 2.24) is 0 Å². The molecule has 1 amide bonds. The Kier molecular flexibility index (Phi) is 7.26. The Morgan fingerprint density at radius 3 is 2.13 bits per heavy atom. The van der Waals surface area contributed by atoms with Gasteiger partial charge in [0.05, 0.1) is 7.11 Å². The molecule has 0 saturated heterocycles. The summed E-state index contributed by atoms with van der Waals surface area (Å²) in [5.74, 6) is -1.09. The van der Waals surface area contributed by atoms with Gasteiger partial charge >= 0.3 is 5.97 Å². The maximum Gasteiger partial charge on any atom is 0.341 e. The minimum atomic E-state index is -0.561. The summed E-state index contributed by atoms with van der Waals surface area (Å²) in [4.78, 5) is 37.0. The van der Waals surface area contributed by atoms with Crippen molar-refractivity contribution >= 4 is 57.2 Å². The van der Waals surface area contributed by atoms with E-state index in [4.69, 9.17) is 27.9 Å². The van der Waals surface area contributed by atoms with Gasteiger partial charge in [-0.2, -0.15) is 0 Å². The maximum absolute atomic E-state index is 12.4. The van der Waals surface area contributed by atoms with Crippen LogP contribution in [-0.2, 0) is 9.53 Å². The summed E-state index contributed by atoms with van der Waals surface area (Å²) in [6, 6.07) is 13.5. The molecule has 0 aliphatic carbocycles. The molecule has 8 heteroatoms. The Morgan fingerprint density at radius 1 is 0.933 bits per heavy atom. The number of nitrogens with one attached hydrogen (secondary N) is 1. The topological polar surface area (TPSA) is 72.5 Å². The van der Waals surface area contributed by atoms with E-state index in [1.165, 1.54) is 18.4 Å². The van der Waals surface area contributed by atoms with Crippen LogP contribution >= 0.6 is 34.5 Å². The predicted octanol–water partition coefficient (Wildman–Crippen LogP) is 6.11. The summed E-state index contributed by atoms with van der Waals surface area (Å²) in [6.07, 6.45) is 0.0205. The molecule has 30 heavy (non-hydrogen) atoms. The van der Waals surface area contributed by atoms with Crippen LogP contribution in [0.15, 0.2) is 53.9 Å². The zero-order chi connectivity index (χ0) is 21.7. The van der Waals surface area contributed by atoms with Crippen molar-refractivity contribution in [3.63, 3.8) is 0 Å². The van der Waals surface area contributed by atoms with E-state index in [-0.39, 0.29) is 30.1 Å². The fourth-order valence-corrected chi connectivity index (χ4v) is 4.02. The lowest BCUT2D eigenvalue weighted by atomic mass is 10.0. The number of hydrogen-bond acceptors (Lipinski definition) is 5. The molecule has 0 fully saturated rings. The van der Waals surface area contributed by atoms with Gasteiger partial charge in [0.2, 0.25) is 5.91 Å². The first-order chi connectivity index (χ1) is 14.4. The molecule has 0 spiro atoms. The van der Waals surface area contributed by atoms with Crippen LogP contribution in [-0.4, -0.2) is 24.8 Å². The summed E-state index contributed by atoms with van der Waals surface area (Å²) >= 11 is 13.0. The number of rotatable bonds is 7. The second-order valence-corrected chi connectivity index (χ2v) is 8.08. The number of thiophene rings is 1. The van der Waals surface area contributed by atoms with Crippen LogP contribution in [0.2, 0.25) is 10.0 Å². The predicted molar refractivity (Wildman–Crippen MR) is 120 cm³/mol. The third kappa shape index (κ3) is 5.27. The molecule has 0 aliphatic rings. The summed E-state index contributed by atoms with van der Waals surface area (Å²) < 4.78 is 4.89. The van der Waals surface area contributed by atoms with E-state index in [0.717, 1.165) is 5.56 Å². The van der Waals surface area contributed by atoms with Gasteiger partial charge in [-0.3, -0.25) is 9.59 Å². The lowest BCUT2D eigenvalue weighted by Gasteiger charge is -2.08. The highest BCUT2D eigenvalue weighted by molar-refractivity contribution is 7.15. The Hall–Kier alpha value is -2.67. The van der Waals surface area contributed by atoms with Gasteiger partial charge in [-0.15, -0.1) is 11.3 Å². The highest BCUT2D eigenvalue weighted by atomic mass is 35.5. The fraction of sp³-hybridized carbons (Fsp3) is 0.136. The highest BCUT2D eigenvalue weighted by Gasteiger charge is 2.22. The average Bonchev–Trinajstić information content (AvgIpc) is 3.15. The van der Waals surface area contributed by atoms with E-state index < -0.39 is 5.97 Å². The highest BCUT2D eigenvalue weighted by Crippen LogP contribution is 2.36. The van der Waals surface area contributed by atoms with E-state index >= 15 is 0 Å². The van der Waals surface area contributed by atoms with Crippen LogP contribution in [0.25, 0.3) is 11.1 Å². The molecule has 2 aromatic carbocycles. The molecule has 0 bridgehead atoms. The number of ketones is 1. The van der Waals surface area contributed by atoms with Crippen molar-refractivity contribution in [1.29, 1.82) is 0 Å². The first-order valence-corrected chi connectivity index (χ1v) is 10.6. The number of carbonyl (C=O) groups is 3. The van der Waals surface area contributed by atoms with Crippen molar-refractivity contribution in [2.24, 2.45) is 0 Å². The minimum absolute atomic E-state index is 0.0176. The van der Waals surface area contributed by atoms with Crippen molar-refractivity contribution in [3.8, 4) is 11.1 Å². The van der Waals surface area contributed by atoms with Gasteiger partial charge in [-0.1, -0.05) is 35.3 Å². The van der Waals surface area contributed by atoms with E-state index in [2.05, 4.69) is 5.32 Å². The Labute approximate surface area is 187 Å². The first-order valence-electron chi connectivity index (χ1n) is 8.93. The normalized spacial score (nSPS) is 10.5. The number of methoxy groups -OCH3 is 1. The molecule has 0 saturated carbocycles. The number of anilines is 1. The zero-order valence-corrected chi connectivity index (χ0v) is 18.2. The second kappa shape index (κ2) is 9.89. The van der Waals surface area contributed by atoms with Gasteiger partial charge in [0, 0.05) is 39.4 Å². The second-order valence-electron chi connectivity index (χ2n) is 6.33. The molecule has 0 radical (unpaired) electrons. The number of ether oxygens (including phenoxy) is 1. The van der Waals surface area contributed by atoms with Gasteiger partial charge in [-0.05, 0) is 42.0 Å². The molecule has 1 heterocycles. The number of halogens is 2. The lowest BCUT2D eigenvalue weighted by molar-refractivity contribution is -0.116. The van der Waals surface area contributed by atoms with Crippen molar-refractivity contribution in [2.75, 3.05) is 12.4 Å². The van der Waals surface area contributed by atoms with E-state index in [0.29, 0.717) is 26.2 Å². The average molecular weight is 462 g/mol. The van der Waals surface area contributed by atoms with Gasteiger partial charge in [0.15, 0.2) is 5.78 Å². The molecule has 0 atom stereocenters. The third-order valence-corrected chi connectivity index (χ3v) is 5.73. The smallest absolute Gasteiger partial charge is 0.341 e. The number of hydrogen-bond donors (Lipinski definition) is 1. The van der Waals surface area contributed by atoms with Gasteiger partial charge in [-0.25, -0.2) is 4.79 Å². The molecule has 0 aliphatic heterocycles. The Bertz CT molecular complexity index is 1080. The van der Waals surface area contributed by atoms with E-state index in [1.807, 2.05) is 0 Å².